The number of hydrogen-bond donors (Lipinski definition) is 1. The number of nitro benzene ring substituents is 1. The number of carbonyl (C=O) groups excluding carboxylic acids is 2. The first-order valence-electron chi connectivity index (χ1n) is 8.86. The van der Waals surface area contributed by atoms with Crippen LogP contribution in [-0.2, 0) is 11.3 Å². The highest BCUT2D eigenvalue weighted by atomic mass is 16.6. The van der Waals surface area contributed by atoms with Crippen molar-refractivity contribution in [1.29, 1.82) is 0 Å². The standard InChI is InChI=1S/C18H23N3O6/c1-18(2,3)27-17(24)19-6-4-12(5-7-19)20-10-11-8-14(21(25)26)15(22)9-13(11)16(20)23/h8-9,12,22H,4-7,10H2,1-3H3. The SMILES string of the molecule is CC(C)(C)OC(=O)N1CCC(N2Cc3cc([N+](=O)[O-])c(O)cc3C2=O)CC1. The molecule has 1 saturated heterocycles. The van der Waals surface area contributed by atoms with Gasteiger partial charge in [-0.1, -0.05) is 0 Å². The van der Waals surface area contributed by atoms with Gasteiger partial charge in [0.1, 0.15) is 5.60 Å². The third kappa shape index (κ3) is 3.81. The number of benzene rings is 1. The second-order valence-corrected chi connectivity index (χ2v) is 7.89. The highest BCUT2D eigenvalue weighted by Crippen LogP contribution is 2.36. The van der Waals surface area contributed by atoms with E-state index in [9.17, 15) is 24.8 Å². The predicted octanol–water partition coefficient (Wildman–Crippen LogP) is 2.66. The molecule has 2 heterocycles. The van der Waals surface area contributed by atoms with Crippen molar-refractivity contribution in [2.75, 3.05) is 13.1 Å². The zero-order valence-corrected chi connectivity index (χ0v) is 15.6. The highest BCUT2D eigenvalue weighted by Gasteiger charge is 2.37. The lowest BCUT2D eigenvalue weighted by Gasteiger charge is -2.37. The fourth-order valence-electron chi connectivity index (χ4n) is 3.49. The molecule has 0 bridgehead atoms. The minimum absolute atomic E-state index is 0.0650. The Kier molecular flexibility index (Phi) is 4.71. The van der Waals surface area contributed by atoms with E-state index in [1.54, 1.807) is 9.80 Å². The molecule has 1 aromatic carbocycles. The van der Waals surface area contributed by atoms with E-state index in [2.05, 4.69) is 0 Å². The Morgan fingerprint density at radius 2 is 1.93 bits per heavy atom. The normalized spacial score (nSPS) is 17.8. The molecule has 1 aromatic rings. The van der Waals surface area contributed by atoms with Crippen LogP contribution in [0.15, 0.2) is 12.1 Å². The monoisotopic (exact) mass is 377 g/mol. The number of nitro groups is 1. The van der Waals surface area contributed by atoms with Gasteiger partial charge < -0.3 is 19.6 Å². The highest BCUT2D eigenvalue weighted by molar-refractivity contribution is 5.99. The fraction of sp³-hybridized carbons (Fsp3) is 0.556. The number of nitrogens with zero attached hydrogens (tertiary/aromatic N) is 3. The second kappa shape index (κ2) is 6.71. The van der Waals surface area contributed by atoms with E-state index in [1.807, 2.05) is 20.8 Å². The van der Waals surface area contributed by atoms with Crippen LogP contribution >= 0.6 is 0 Å². The smallest absolute Gasteiger partial charge is 0.410 e. The summed E-state index contributed by atoms with van der Waals surface area (Å²) < 4.78 is 5.37. The molecule has 0 atom stereocenters. The summed E-state index contributed by atoms with van der Waals surface area (Å²) in [6.07, 6.45) is 0.845. The van der Waals surface area contributed by atoms with Gasteiger partial charge in [-0.05, 0) is 39.2 Å². The number of aromatic hydroxyl groups is 1. The van der Waals surface area contributed by atoms with Crippen LogP contribution in [0.3, 0.4) is 0 Å². The summed E-state index contributed by atoms with van der Waals surface area (Å²) in [6, 6.07) is 2.37. The molecule has 2 aliphatic rings. The lowest BCUT2D eigenvalue weighted by molar-refractivity contribution is -0.385. The fourth-order valence-corrected chi connectivity index (χ4v) is 3.49. The van der Waals surface area contributed by atoms with Crippen molar-refractivity contribution in [3.63, 3.8) is 0 Å². The number of likely N-dealkylation sites (tertiary alicyclic amines) is 1. The summed E-state index contributed by atoms with van der Waals surface area (Å²) >= 11 is 0. The Hall–Kier alpha value is -2.84. The molecule has 2 aliphatic heterocycles. The molecular weight excluding hydrogens is 354 g/mol. The van der Waals surface area contributed by atoms with Crippen molar-refractivity contribution >= 4 is 17.7 Å². The van der Waals surface area contributed by atoms with Crippen molar-refractivity contribution in [3.05, 3.63) is 33.4 Å². The molecule has 0 unspecified atom stereocenters. The average molecular weight is 377 g/mol. The van der Waals surface area contributed by atoms with Gasteiger partial charge in [0.15, 0.2) is 5.75 Å². The summed E-state index contributed by atoms with van der Waals surface area (Å²) in [7, 11) is 0. The number of amides is 2. The molecule has 0 saturated carbocycles. The number of phenolic OH excluding ortho intramolecular Hbond substituents is 1. The van der Waals surface area contributed by atoms with Gasteiger partial charge in [0.25, 0.3) is 5.91 Å². The summed E-state index contributed by atoms with van der Waals surface area (Å²) in [5, 5.41) is 20.8. The first-order chi connectivity index (χ1) is 12.6. The quantitative estimate of drug-likeness (QED) is 0.626. The number of phenols is 1. The summed E-state index contributed by atoms with van der Waals surface area (Å²) in [4.78, 5) is 38.4. The first kappa shape index (κ1) is 18.9. The third-order valence-electron chi connectivity index (χ3n) is 4.79. The van der Waals surface area contributed by atoms with Gasteiger partial charge in [-0.3, -0.25) is 14.9 Å². The van der Waals surface area contributed by atoms with Crippen LogP contribution in [0.2, 0.25) is 0 Å². The Labute approximate surface area is 156 Å². The van der Waals surface area contributed by atoms with E-state index in [4.69, 9.17) is 4.74 Å². The Balaban J connectivity index is 1.67. The topological polar surface area (TPSA) is 113 Å². The molecule has 9 nitrogen and oxygen atoms in total. The molecule has 146 valence electrons. The molecule has 0 aliphatic carbocycles. The predicted molar refractivity (Wildman–Crippen MR) is 95.5 cm³/mol. The first-order valence-corrected chi connectivity index (χ1v) is 8.86. The number of rotatable bonds is 2. The minimum atomic E-state index is -0.665. The van der Waals surface area contributed by atoms with E-state index < -0.39 is 22.0 Å². The molecule has 2 amide bonds. The van der Waals surface area contributed by atoms with Gasteiger partial charge in [-0.15, -0.1) is 0 Å². The van der Waals surface area contributed by atoms with E-state index in [-0.39, 0.29) is 24.6 Å². The third-order valence-corrected chi connectivity index (χ3v) is 4.79. The second-order valence-electron chi connectivity index (χ2n) is 7.89. The van der Waals surface area contributed by atoms with Gasteiger partial charge in [0.2, 0.25) is 0 Å². The van der Waals surface area contributed by atoms with Crippen LogP contribution in [0.5, 0.6) is 5.75 Å². The summed E-state index contributed by atoms with van der Waals surface area (Å²) in [6.45, 7) is 6.66. The Morgan fingerprint density at radius 3 is 2.48 bits per heavy atom. The summed E-state index contributed by atoms with van der Waals surface area (Å²) in [5.41, 5.74) is -0.119. The Bertz CT molecular complexity index is 793. The van der Waals surface area contributed by atoms with E-state index in [0.29, 0.717) is 37.1 Å². The molecule has 3 rings (SSSR count). The zero-order valence-electron chi connectivity index (χ0n) is 15.6. The Morgan fingerprint density at radius 1 is 1.30 bits per heavy atom. The minimum Gasteiger partial charge on any atom is -0.502 e. The molecule has 0 spiro atoms. The van der Waals surface area contributed by atoms with Crippen LogP contribution < -0.4 is 0 Å². The largest absolute Gasteiger partial charge is 0.502 e. The molecule has 1 fully saturated rings. The van der Waals surface area contributed by atoms with Gasteiger partial charge in [-0.25, -0.2) is 4.79 Å². The van der Waals surface area contributed by atoms with Gasteiger partial charge >= 0.3 is 11.8 Å². The number of fused-ring (bicyclic) bond motifs is 1. The number of piperidine rings is 1. The molecular formula is C18H23N3O6. The summed E-state index contributed by atoms with van der Waals surface area (Å²) in [5.74, 6) is -0.750. The van der Waals surface area contributed by atoms with Crippen LogP contribution in [0, 0.1) is 10.1 Å². The zero-order chi connectivity index (χ0) is 19.9. The number of carbonyl (C=O) groups is 2. The van der Waals surface area contributed by atoms with Crippen LogP contribution in [0.4, 0.5) is 10.5 Å². The van der Waals surface area contributed by atoms with Crippen LogP contribution in [0.1, 0.15) is 49.5 Å². The molecule has 0 radical (unpaired) electrons. The molecule has 9 heteroatoms. The van der Waals surface area contributed by atoms with Crippen molar-refractivity contribution < 1.29 is 24.4 Å². The van der Waals surface area contributed by atoms with E-state index in [0.717, 1.165) is 0 Å². The lowest BCUT2D eigenvalue weighted by atomic mass is 10.0. The number of hydrogen-bond acceptors (Lipinski definition) is 6. The van der Waals surface area contributed by atoms with Crippen molar-refractivity contribution in [2.24, 2.45) is 0 Å². The van der Waals surface area contributed by atoms with Crippen molar-refractivity contribution in [2.45, 2.75) is 51.8 Å². The average Bonchev–Trinajstić information content (AvgIpc) is 2.89. The van der Waals surface area contributed by atoms with Gasteiger partial charge in [-0.2, -0.15) is 0 Å². The number of ether oxygens (including phenoxy) is 1. The van der Waals surface area contributed by atoms with E-state index >= 15 is 0 Å². The van der Waals surface area contributed by atoms with Crippen LogP contribution in [-0.4, -0.2) is 56.6 Å². The maximum atomic E-state index is 12.7. The van der Waals surface area contributed by atoms with Crippen molar-refractivity contribution in [3.8, 4) is 5.75 Å². The van der Waals surface area contributed by atoms with Crippen molar-refractivity contribution in [1.82, 2.24) is 9.80 Å². The maximum absolute atomic E-state index is 12.7. The van der Waals surface area contributed by atoms with E-state index in [1.165, 1.54) is 12.1 Å². The maximum Gasteiger partial charge on any atom is 0.410 e. The van der Waals surface area contributed by atoms with Gasteiger partial charge in [0, 0.05) is 43.4 Å². The molecule has 27 heavy (non-hydrogen) atoms. The molecule has 1 N–H and O–H groups in total. The van der Waals surface area contributed by atoms with Gasteiger partial charge in [0.05, 0.1) is 4.92 Å². The van der Waals surface area contributed by atoms with Crippen LogP contribution in [0.25, 0.3) is 0 Å². The lowest BCUT2D eigenvalue weighted by Crippen LogP contribution is -2.48. The molecule has 0 aromatic heterocycles.